The zero-order valence-corrected chi connectivity index (χ0v) is 14.8. The molecule has 0 heterocycles. The normalized spacial score (nSPS) is 10.1. The molecule has 0 unspecified atom stereocenters. The highest BCUT2D eigenvalue weighted by atomic mass is 16.5. The van der Waals surface area contributed by atoms with E-state index in [0.717, 1.165) is 11.1 Å². The number of hydrogen-bond acceptors (Lipinski definition) is 4. The second-order valence-corrected chi connectivity index (χ2v) is 5.57. The van der Waals surface area contributed by atoms with E-state index in [9.17, 15) is 9.59 Å². The van der Waals surface area contributed by atoms with Gasteiger partial charge in [0.15, 0.2) is 11.5 Å². The molecule has 0 bridgehead atoms. The predicted molar refractivity (Wildman–Crippen MR) is 96.4 cm³/mol. The van der Waals surface area contributed by atoms with Crippen LogP contribution in [0.5, 0.6) is 11.5 Å². The summed E-state index contributed by atoms with van der Waals surface area (Å²) in [7, 11) is 3.08. The molecule has 0 aliphatic carbocycles. The fraction of sp³-hybridized carbons (Fsp3) is 0.263. The molecule has 0 aliphatic heterocycles. The second kappa shape index (κ2) is 8.19. The SMILES string of the molecule is COc1cc(C)c(NC(=O)CNC(=O)c2ccccc2C)cc1OC. The van der Waals surface area contributed by atoms with Crippen LogP contribution in [0.25, 0.3) is 0 Å². The molecule has 25 heavy (non-hydrogen) atoms. The van der Waals surface area contributed by atoms with Gasteiger partial charge in [-0.15, -0.1) is 0 Å². The Morgan fingerprint density at radius 1 is 0.960 bits per heavy atom. The van der Waals surface area contributed by atoms with Crippen LogP contribution in [-0.2, 0) is 4.79 Å². The molecular formula is C19H22N2O4. The van der Waals surface area contributed by atoms with E-state index in [1.165, 1.54) is 7.11 Å². The molecule has 0 radical (unpaired) electrons. The fourth-order valence-corrected chi connectivity index (χ4v) is 2.39. The van der Waals surface area contributed by atoms with Gasteiger partial charge in [-0.05, 0) is 37.1 Å². The lowest BCUT2D eigenvalue weighted by atomic mass is 10.1. The number of methoxy groups -OCH3 is 2. The molecule has 0 aliphatic rings. The molecule has 0 saturated carbocycles. The highest BCUT2D eigenvalue weighted by molar-refractivity contribution is 6.00. The third kappa shape index (κ3) is 4.50. The number of amides is 2. The Morgan fingerprint density at radius 2 is 1.60 bits per heavy atom. The van der Waals surface area contributed by atoms with Crippen LogP contribution in [0.15, 0.2) is 36.4 Å². The van der Waals surface area contributed by atoms with Gasteiger partial charge in [0.2, 0.25) is 5.91 Å². The smallest absolute Gasteiger partial charge is 0.251 e. The first kappa shape index (κ1) is 18.3. The number of hydrogen-bond donors (Lipinski definition) is 2. The standard InChI is InChI=1S/C19H22N2O4/c1-12-7-5-6-8-14(12)19(23)20-11-18(22)21-15-10-17(25-4)16(24-3)9-13(15)2/h5-10H,11H2,1-4H3,(H,20,23)(H,21,22). The van der Waals surface area contributed by atoms with E-state index in [1.807, 2.05) is 26.0 Å². The van der Waals surface area contributed by atoms with Crippen molar-refractivity contribution in [3.05, 3.63) is 53.1 Å². The summed E-state index contributed by atoms with van der Waals surface area (Å²) in [6.45, 7) is 3.58. The predicted octanol–water partition coefficient (Wildman–Crippen LogP) is 2.69. The molecule has 0 atom stereocenters. The third-order valence-corrected chi connectivity index (χ3v) is 3.80. The summed E-state index contributed by atoms with van der Waals surface area (Å²) in [4.78, 5) is 24.3. The summed E-state index contributed by atoms with van der Waals surface area (Å²) in [5.74, 6) is 0.507. The Labute approximate surface area is 147 Å². The molecule has 2 rings (SSSR count). The average molecular weight is 342 g/mol. The van der Waals surface area contributed by atoms with Crippen LogP contribution in [-0.4, -0.2) is 32.6 Å². The molecule has 2 aromatic rings. The first-order valence-electron chi connectivity index (χ1n) is 7.82. The van der Waals surface area contributed by atoms with Gasteiger partial charge in [-0.1, -0.05) is 18.2 Å². The van der Waals surface area contributed by atoms with Gasteiger partial charge >= 0.3 is 0 Å². The lowest BCUT2D eigenvalue weighted by molar-refractivity contribution is -0.115. The molecule has 132 valence electrons. The topological polar surface area (TPSA) is 76.7 Å². The summed E-state index contributed by atoms with van der Waals surface area (Å²) >= 11 is 0. The number of rotatable bonds is 6. The van der Waals surface area contributed by atoms with Crippen molar-refractivity contribution in [2.75, 3.05) is 26.1 Å². The van der Waals surface area contributed by atoms with Gasteiger partial charge in [-0.25, -0.2) is 0 Å². The van der Waals surface area contributed by atoms with Crippen molar-refractivity contribution >= 4 is 17.5 Å². The van der Waals surface area contributed by atoms with Crippen LogP contribution in [0.3, 0.4) is 0 Å². The van der Waals surface area contributed by atoms with Gasteiger partial charge in [-0.2, -0.15) is 0 Å². The molecule has 0 aromatic heterocycles. The first-order valence-corrected chi connectivity index (χ1v) is 7.82. The van der Waals surface area contributed by atoms with E-state index < -0.39 is 0 Å². The Hall–Kier alpha value is -3.02. The minimum absolute atomic E-state index is 0.124. The zero-order valence-electron chi connectivity index (χ0n) is 14.8. The van der Waals surface area contributed by atoms with E-state index in [1.54, 1.807) is 31.4 Å². The Kier molecular flexibility index (Phi) is 6.00. The maximum absolute atomic E-state index is 12.1. The van der Waals surface area contributed by atoms with Crippen molar-refractivity contribution in [3.63, 3.8) is 0 Å². The molecule has 2 N–H and O–H groups in total. The van der Waals surface area contributed by atoms with Crippen LogP contribution in [0.1, 0.15) is 21.5 Å². The lowest BCUT2D eigenvalue weighted by Gasteiger charge is -2.14. The minimum atomic E-state index is -0.322. The van der Waals surface area contributed by atoms with E-state index in [-0.39, 0.29) is 18.4 Å². The largest absolute Gasteiger partial charge is 0.493 e. The maximum atomic E-state index is 12.1. The van der Waals surface area contributed by atoms with Gasteiger partial charge in [0, 0.05) is 17.3 Å². The molecule has 0 fully saturated rings. The van der Waals surface area contributed by atoms with Gasteiger partial charge in [0.05, 0.1) is 20.8 Å². The molecule has 2 aromatic carbocycles. The van der Waals surface area contributed by atoms with Gasteiger partial charge in [0.1, 0.15) is 0 Å². The van der Waals surface area contributed by atoms with Gasteiger partial charge in [-0.3, -0.25) is 9.59 Å². The van der Waals surface area contributed by atoms with Crippen molar-refractivity contribution in [1.29, 1.82) is 0 Å². The van der Waals surface area contributed by atoms with Crippen LogP contribution >= 0.6 is 0 Å². The molecular weight excluding hydrogens is 320 g/mol. The fourth-order valence-electron chi connectivity index (χ4n) is 2.39. The van der Waals surface area contributed by atoms with Crippen LogP contribution < -0.4 is 20.1 Å². The van der Waals surface area contributed by atoms with Crippen molar-refractivity contribution in [1.82, 2.24) is 5.32 Å². The monoisotopic (exact) mass is 342 g/mol. The Balaban J connectivity index is 2.01. The number of anilines is 1. The van der Waals surface area contributed by atoms with Crippen molar-refractivity contribution in [2.45, 2.75) is 13.8 Å². The van der Waals surface area contributed by atoms with Crippen LogP contribution in [0.4, 0.5) is 5.69 Å². The highest BCUT2D eigenvalue weighted by Gasteiger charge is 2.13. The third-order valence-electron chi connectivity index (χ3n) is 3.80. The summed E-state index contributed by atoms with van der Waals surface area (Å²) in [6.07, 6.45) is 0. The summed E-state index contributed by atoms with van der Waals surface area (Å²) < 4.78 is 10.5. The summed E-state index contributed by atoms with van der Waals surface area (Å²) in [5, 5.41) is 5.39. The molecule has 6 heteroatoms. The van der Waals surface area contributed by atoms with Crippen molar-refractivity contribution < 1.29 is 19.1 Å². The Morgan fingerprint density at radius 3 is 2.24 bits per heavy atom. The highest BCUT2D eigenvalue weighted by Crippen LogP contribution is 2.32. The molecule has 0 saturated heterocycles. The van der Waals surface area contributed by atoms with Crippen molar-refractivity contribution in [2.24, 2.45) is 0 Å². The number of aryl methyl sites for hydroxylation is 2. The van der Waals surface area contributed by atoms with Gasteiger partial charge in [0.25, 0.3) is 5.91 Å². The zero-order chi connectivity index (χ0) is 18.4. The molecule has 2 amide bonds. The number of benzene rings is 2. The quantitative estimate of drug-likeness (QED) is 0.846. The lowest BCUT2D eigenvalue weighted by Crippen LogP contribution is -2.33. The molecule has 6 nitrogen and oxygen atoms in total. The average Bonchev–Trinajstić information content (AvgIpc) is 2.61. The first-order chi connectivity index (χ1) is 12.0. The summed E-state index contributed by atoms with van der Waals surface area (Å²) in [6, 6.07) is 10.7. The maximum Gasteiger partial charge on any atom is 0.251 e. The number of nitrogens with one attached hydrogen (secondary N) is 2. The van der Waals surface area contributed by atoms with E-state index in [4.69, 9.17) is 9.47 Å². The van der Waals surface area contributed by atoms with E-state index in [2.05, 4.69) is 10.6 Å². The number of carbonyl (C=O) groups excluding carboxylic acids is 2. The van der Waals surface area contributed by atoms with Crippen LogP contribution in [0, 0.1) is 13.8 Å². The second-order valence-electron chi connectivity index (χ2n) is 5.57. The minimum Gasteiger partial charge on any atom is -0.493 e. The van der Waals surface area contributed by atoms with Gasteiger partial charge < -0.3 is 20.1 Å². The summed E-state index contributed by atoms with van der Waals surface area (Å²) in [5.41, 5.74) is 2.85. The molecule has 0 spiro atoms. The van der Waals surface area contributed by atoms with E-state index >= 15 is 0 Å². The number of ether oxygens (including phenoxy) is 2. The number of carbonyl (C=O) groups is 2. The van der Waals surface area contributed by atoms with Crippen molar-refractivity contribution in [3.8, 4) is 11.5 Å². The van der Waals surface area contributed by atoms with Crippen LogP contribution in [0.2, 0.25) is 0 Å². The Bertz CT molecular complexity index is 787. The van der Waals surface area contributed by atoms with E-state index in [0.29, 0.717) is 22.7 Å².